The minimum Gasteiger partial charge on any atom is -0.380 e. The van der Waals surface area contributed by atoms with Gasteiger partial charge in [0, 0.05) is 13.1 Å². The zero-order valence-electron chi connectivity index (χ0n) is 7.84. The Balaban J connectivity index is 2.39. The highest BCUT2D eigenvalue weighted by molar-refractivity contribution is 4.69. The van der Waals surface area contributed by atoms with Crippen molar-refractivity contribution in [3.63, 3.8) is 0 Å². The van der Waals surface area contributed by atoms with Gasteiger partial charge in [0.05, 0.1) is 13.2 Å². The standard InChI is InChI=1S/C9H19NO/c1-8(2)9-6-10(3)4-5-11-7-9/h8-9H,4-7H2,1-3H3/t9-/m1/s1. The van der Waals surface area contributed by atoms with Crippen molar-refractivity contribution < 1.29 is 4.74 Å². The lowest BCUT2D eigenvalue weighted by molar-refractivity contribution is 0.108. The monoisotopic (exact) mass is 157 g/mol. The molecule has 1 saturated heterocycles. The smallest absolute Gasteiger partial charge is 0.0593 e. The molecule has 0 aromatic heterocycles. The first kappa shape index (κ1) is 9.01. The molecule has 0 saturated carbocycles. The fraction of sp³-hybridized carbons (Fsp3) is 1.00. The summed E-state index contributed by atoms with van der Waals surface area (Å²) in [6.45, 7) is 8.67. The van der Waals surface area contributed by atoms with Gasteiger partial charge in [-0.3, -0.25) is 0 Å². The van der Waals surface area contributed by atoms with Gasteiger partial charge in [-0.25, -0.2) is 0 Å². The summed E-state index contributed by atoms with van der Waals surface area (Å²) in [5.41, 5.74) is 0. The summed E-state index contributed by atoms with van der Waals surface area (Å²) >= 11 is 0. The summed E-state index contributed by atoms with van der Waals surface area (Å²) < 4.78 is 5.50. The Morgan fingerprint density at radius 1 is 1.45 bits per heavy atom. The molecule has 0 aromatic carbocycles. The minimum atomic E-state index is 0.725. The lowest BCUT2D eigenvalue weighted by Crippen LogP contribution is -2.28. The van der Waals surface area contributed by atoms with E-state index in [0.29, 0.717) is 0 Å². The number of hydrogen-bond acceptors (Lipinski definition) is 2. The highest BCUT2D eigenvalue weighted by Gasteiger charge is 2.18. The van der Waals surface area contributed by atoms with Crippen molar-refractivity contribution >= 4 is 0 Å². The molecule has 1 fully saturated rings. The molecule has 2 heteroatoms. The molecular weight excluding hydrogens is 138 g/mol. The Labute approximate surface area is 69.5 Å². The van der Waals surface area contributed by atoms with Crippen LogP contribution in [-0.2, 0) is 4.74 Å². The fourth-order valence-corrected chi connectivity index (χ4v) is 1.40. The van der Waals surface area contributed by atoms with Crippen molar-refractivity contribution in [1.29, 1.82) is 0 Å². The molecule has 0 N–H and O–H groups in total. The SMILES string of the molecule is CC(C)[C@H]1COCCN(C)C1. The normalized spacial score (nSPS) is 28.9. The third-order valence-corrected chi connectivity index (χ3v) is 2.44. The van der Waals surface area contributed by atoms with E-state index in [-0.39, 0.29) is 0 Å². The number of ether oxygens (including phenoxy) is 1. The van der Waals surface area contributed by atoms with Gasteiger partial charge in [0.1, 0.15) is 0 Å². The molecule has 0 aromatic rings. The maximum absolute atomic E-state index is 5.50. The summed E-state index contributed by atoms with van der Waals surface area (Å²) in [6, 6.07) is 0. The van der Waals surface area contributed by atoms with Gasteiger partial charge in [0.2, 0.25) is 0 Å². The Kier molecular flexibility index (Phi) is 3.34. The van der Waals surface area contributed by atoms with E-state index in [4.69, 9.17) is 4.74 Å². The van der Waals surface area contributed by atoms with E-state index in [1.165, 1.54) is 6.54 Å². The van der Waals surface area contributed by atoms with Gasteiger partial charge in [-0.2, -0.15) is 0 Å². The van der Waals surface area contributed by atoms with Crippen LogP contribution in [-0.4, -0.2) is 38.3 Å². The zero-order valence-corrected chi connectivity index (χ0v) is 7.84. The second-order valence-electron chi connectivity index (χ2n) is 3.84. The largest absolute Gasteiger partial charge is 0.380 e. The minimum absolute atomic E-state index is 0.725. The Hall–Kier alpha value is -0.0800. The molecule has 0 amide bonds. The zero-order chi connectivity index (χ0) is 8.27. The van der Waals surface area contributed by atoms with Gasteiger partial charge in [-0.05, 0) is 18.9 Å². The maximum Gasteiger partial charge on any atom is 0.0593 e. The van der Waals surface area contributed by atoms with Crippen LogP contribution in [0.3, 0.4) is 0 Å². The molecule has 66 valence electrons. The van der Waals surface area contributed by atoms with E-state index < -0.39 is 0 Å². The fourth-order valence-electron chi connectivity index (χ4n) is 1.40. The number of likely N-dealkylation sites (N-methyl/N-ethyl adjacent to an activating group) is 1. The molecule has 1 heterocycles. The van der Waals surface area contributed by atoms with Crippen LogP contribution in [0.25, 0.3) is 0 Å². The second-order valence-corrected chi connectivity index (χ2v) is 3.84. The molecular formula is C9H19NO. The van der Waals surface area contributed by atoms with Gasteiger partial charge in [0.25, 0.3) is 0 Å². The topological polar surface area (TPSA) is 12.5 Å². The van der Waals surface area contributed by atoms with Crippen molar-refractivity contribution in [2.75, 3.05) is 33.4 Å². The van der Waals surface area contributed by atoms with Gasteiger partial charge in [0.15, 0.2) is 0 Å². The predicted octanol–water partition coefficient (Wildman–Crippen LogP) is 1.22. The van der Waals surface area contributed by atoms with Crippen molar-refractivity contribution in [2.45, 2.75) is 13.8 Å². The van der Waals surface area contributed by atoms with Crippen LogP contribution in [0.2, 0.25) is 0 Å². The Bertz CT molecular complexity index is 114. The van der Waals surface area contributed by atoms with Crippen molar-refractivity contribution in [3.05, 3.63) is 0 Å². The van der Waals surface area contributed by atoms with Crippen molar-refractivity contribution in [3.8, 4) is 0 Å². The van der Waals surface area contributed by atoms with Gasteiger partial charge < -0.3 is 9.64 Å². The molecule has 2 nitrogen and oxygen atoms in total. The quantitative estimate of drug-likeness (QED) is 0.567. The van der Waals surface area contributed by atoms with Gasteiger partial charge in [-0.1, -0.05) is 13.8 Å². The van der Waals surface area contributed by atoms with E-state index in [1.54, 1.807) is 0 Å². The molecule has 0 aliphatic carbocycles. The van der Waals surface area contributed by atoms with Gasteiger partial charge in [-0.15, -0.1) is 0 Å². The molecule has 1 rings (SSSR count). The van der Waals surface area contributed by atoms with Crippen molar-refractivity contribution in [1.82, 2.24) is 4.90 Å². The van der Waals surface area contributed by atoms with Crippen LogP contribution in [0.15, 0.2) is 0 Å². The summed E-state index contributed by atoms with van der Waals surface area (Å²) in [7, 11) is 2.17. The second kappa shape index (κ2) is 4.07. The first-order valence-corrected chi connectivity index (χ1v) is 4.46. The molecule has 0 unspecified atom stereocenters. The highest BCUT2D eigenvalue weighted by Crippen LogP contribution is 2.14. The first-order valence-electron chi connectivity index (χ1n) is 4.46. The van der Waals surface area contributed by atoms with Crippen LogP contribution in [0, 0.1) is 11.8 Å². The van der Waals surface area contributed by atoms with E-state index >= 15 is 0 Å². The number of rotatable bonds is 1. The lowest BCUT2D eigenvalue weighted by Gasteiger charge is -2.21. The van der Waals surface area contributed by atoms with Crippen LogP contribution in [0.4, 0.5) is 0 Å². The third-order valence-electron chi connectivity index (χ3n) is 2.44. The summed E-state index contributed by atoms with van der Waals surface area (Å²) in [4.78, 5) is 2.36. The lowest BCUT2D eigenvalue weighted by atomic mass is 9.96. The highest BCUT2D eigenvalue weighted by atomic mass is 16.5. The van der Waals surface area contributed by atoms with Crippen LogP contribution in [0.5, 0.6) is 0 Å². The number of nitrogens with zero attached hydrogens (tertiary/aromatic N) is 1. The van der Waals surface area contributed by atoms with E-state index in [9.17, 15) is 0 Å². The maximum atomic E-state index is 5.50. The van der Waals surface area contributed by atoms with E-state index in [1.807, 2.05) is 0 Å². The molecule has 1 aliphatic rings. The summed E-state index contributed by atoms with van der Waals surface area (Å²) in [5.74, 6) is 1.47. The van der Waals surface area contributed by atoms with Gasteiger partial charge >= 0.3 is 0 Å². The summed E-state index contributed by atoms with van der Waals surface area (Å²) in [6.07, 6.45) is 0. The first-order chi connectivity index (χ1) is 5.20. The average molecular weight is 157 g/mol. The van der Waals surface area contributed by atoms with E-state index in [2.05, 4.69) is 25.8 Å². The summed E-state index contributed by atoms with van der Waals surface area (Å²) in [5, 5.41) is 0. The molecule has 1 atom stereocenters. The Morgan fingerprint density at radius 3 is 2.82 bits per heavy atom. The molecule has 0 radical (unpaired) electrons. The average Bonchev–Trinajstić information content (AvgIpc) is 2.13. The Morgan fingerprint density at radius 2 is 2.18 bits per heavy atom. The molecule has 1 aliphatic heterocycles. The predicted molar refractivity (Wildman–Crippen MR) is 46.6 cm³/mol. The number of hydrogen-bond donors (Lipinski definition) is 0. The van der Waals surface area contributed by atoms with E-state index in [0.717, 1.165) is 31.6 Å². The molecule has 0 spiro atoms. The van der Waals surface area contributed by atoms with Crippen LogP contribution >= 0.6 is 0 Å². The van der Waals surface area contributed by atoms with Crippen molar-refractivity contribution in [2.24, 2.45) is 11.8 Å². The third kappa shape index (κ3) is 2.80. The van der Waals surface area contributed by atoms with Crippen LogP contribution in [0.1, 0.15) is 13.8 Å². The van der Waals surface area contributed by atoms with Crippen LogP contribution < -0.4 is 0 Å². The molecule has 0 bridgehead atoms. The molecule has 11 heavy (non-hydrogen) atoms.